The lowest BCUT2D eigenvalue weighted by Gasteiger charge is -2.59. The Balaban J connectivity index is 1.86. The van der Waals surface area contributed by atoms with Gasteiger partial charge in [0, 0.05) is 24.2 Å². The molecule has 0 aromatic rings. The molecule has 2 heteroatoms. The molecule has 0 aliphatic carbocycles. The van der Waals surface area contributed by atoms with Crippen LogP contribution in [-0.4, -0.2) is 47.1 Å². The molecular formula is C15H30N2. The van der Waals surface area contributed by atoms with Gasteiger partial charge in [-0.05, 0) is 72.9 Å². The minimum Gasteiger partial charge on any atom is -0.298 e. The Kier molecular flexibility index (Phi) is 3.11. The lowest BCUT2D eigenvalue weighted by molar-refractivity contribution is -0.0990. The normalized spacial score (nSPS) is 27.2. The SMILES string of the molecule is CC(C)(C)N1CCC2(CC1)CN(C(C)(C)C)C2. The van der Waals surface area contributed by atoms with Crippen LogP contribution >= 0.6 is 0 Å². The average molecular weight is 238 g/mol. The zero-order valence-electron chi connectivity index (χ0n) is 12.6. The van der Waals surface area contributed by atoms with Crippen molar-refractivity contribution in [2.45, 2.75) is 65.5 Å². The largest absolute Gasteiger partial charge is 0.298 e. The molecule has 0 unspecified atom stereocenters. The van der Waals surface area contributed by atoms with Gasteiger partial charge in [-0.15, -0.1) is 0 Å². The topological polar surface area (TPSA) is 6.48 Å². The van der Waals surface area contributed by atoms with E-state index in [9.17, 15) is 0 Å². The van der Waals surface area contributed by atoms with E-state index < -0.39 is 0 Å². The zero-order chi connectivity index (χ0) is 12.9. The van der Waals surface area contributed by atoms with Gasteiger partial charge in [-0.25, -0.2) is 0 Å². The van der Waals surface area contributed by atoms with Crippen LogP contribution in [0.5, 0.6) is 0 Å². The van der Waals surface area contributed by atoms with Crippen molar-refractivity contribution in [3.05, 3.63) is 0 Å². The minimum absolute atomic E-state index is 0.356. The molecule has 1 spiro atoms. The predicted octanol–water partition coefficient (Wildman–Crippen LogP) is 2.98. The summed E-state index contributed by atoms with van der Waals surface area (Å²) in [5, 5.41) is 0. The first-order chi connectivity index (χ1) is 7.62. The number of hydrogen-bond acceptors (Lipinski definition) is 2. The summed E-state index contributed by atoms with van der Waals surface area (Å²) in [6.45, 7) is 19.3. The van der Waals surface area contributed by atoms with Crippen molar-refractivity contribution in [1.29, 1.82) is 0 Å². The van der Waals surface area contributed by atoms with Crippen LogP contribution in [0.1, 0.15) is 54.4 Å². The molecule has 2 aliphatic rings. The second-order valence-electron chi connectivity index (χ2n) is 8.18. The molecule has 0 saturated carbocycles. The van der Waals surface area contributed by atoms with E-state index in [1.807, 2.05) is 0 Å². The summed E-state index contributed by atoms with van der Waals surface area (Å²) in [4.78, 5) is 5.29. The first kappa shape index (κ1) is 13.4. The number of nitrogens with zero attached hydrogens (tertiary/aromatic N) is 2. The lowest BCUT2D eigenvalue weighted by Crippen LogP contribution is -2.66. The summed E-state index contributed by atoms with van der Waals surface area (Å²) < 4.78 is 0. The zero-order valence-corrected chi connectivity index (χ0v) is 12.6. The van der Waals surface area contributed by atoms with Crippen LogP contribution in [0.3, 0.4) is 0 Å². The molecule has 17 heavy (non-hydrogen) atoms. The van der Waals surface area contributed by atoms with E-state index in [0.29, 0.717) is 16.5 Å². The van der Waals surface area contributed by atoms with Crippen LogP contribution in [0.4, 0.5) is 0 Å². The number of piperidine rings is 1. The fourth-order valence-corrected chi connectivity index (χ4v) is 3.21. The highest BCUT2D eigenvalue weighted by Gasteiger charge is 2.48. The van der Waals surface area contributed by atoms with Crippen molar-refractivity contribution >= 4 is 0 Å². The van der Waals surface area contributed by atoms with Gasteiger partial charge in [-0.1, -0.05) is 0 Å². The highest BCUT2D eigenvalue weighted by Crippen LogP contribution is 2.44. The van der Waals surface area contributed by atoms with Gasteiger partial charge in [-0.3, -0.25) is 9.80 Å². The van der Waals surface area contributed by atoms with Crippen molar-refractivity contribution in [2.75, 3.05) is 26.2 Å². The molecule has 0 atom stereocenters. The third-order valence-corrected chi connectivity index (χ3v) is 4.77. The Bertz CT molecular complexity index is 266. The van der Waals surface area contributed by atoms with Gasteiger partial charge in [0.2, 0.25) is 0 Å². The van der Waals surface area contributed by atoms with Gasteiger partial charge in [0.1, 0.15) is 0 Å². The number of hydrogen-bond donors (Lipinski definition) is 0. The van der Waals surface area contributed by atoms with Gasteiger partial charge in [0.15, 0.2) is 0 Å². The highest BCUT2D eigenvalue weighted by atomic mass is 15.3. The van der Waals surface area contributed by atoms with Crippen molar-refractivity contribution in [3.63, 3.8) is 0 Å². The maximum Gasteiger partial charge on any atom is 0.0125 e. The Morgan fingerprint density at radius 3 is 1.47 bits per heavy atom. The second kappa shape index (κ2) is 3.96. The molecule has 2 fully saturated rings. The van der Waals surface area contributed by atoms with Crippen LogP contribution < -0.4 is 0 Å². The van der Waals surface area contributed by atoms with Crippen LogP contribution in [-0.2, 0) is 0 Å². The molecule has 2 nitrogen and oxygen atoms in total. The fourth-order valence-electron chi connectivity index (χ4n) is 3.21. The summed E-state index contributed by atoms with van der Waals surface area (Å²) in [6.07, 6.45) is 2.80. The maximum absolute atomic E-state index is 2.65. The molecule has 0 N–H and O–H groups in total. The molecule has 2 rings (SSSR count). The molecular weight excluding hydrogens is 208 g/mol. The molecule has 0 bridgehead atoms. The second-order valence-corrected chi connectivity index (χ2v) is 8.18. The minimum atomic E-state index is 0.356. The predicted molar refractivity (Wildman–Crippen MR) is 74.3 cm³/mol. The van der Waals surface area contributed by atoms with Crippen LogP contribution in [0.25, 0.3) is 0 Å². The Labute approximate surface area is 107 Å². The quantitative estimate of drug-likeness (QED) is 0.640. The van der Waals surface area contributed by atoms with Crippen molar-refractivity contribution in [2.24, 2.45) is 5.41 Å². The maximum atomic E-state index is 2.65. The first-order valence-electron chi connectivity index (χ1n) is 7.13. The van der Waals surface area contributed by atoms with E-state index in [1.54, 1.807) is 0 Å². The summed E-state index contributed by atoms with van der Waals surface area (Å²) in [7, 11) is 0. The van der Waals surface area contributed by atoms with Crippen molar-refractivity contribution < 1.29 is 0 Å². The Hall–Kier alpha value is -0.0800. The van der Waals surface area contributed by atoms with E-state index >= 15 is 0 Å². The van der Waals surface area contributed by atoms with Gasteiger partial charge < -0.3 is 0 Å². The Morgan fingerprint density at radius 2 is 1.12 bits per heavy atom. The summed E-state index contributed by atoms with van der Waals surface area (Å²) in [5.74, 6) is 0. The standard InChI is InChI=1S/C15H30N2/c1-13(2,3)16-9-7-15(8-10-16)11-17(12-15)14(4,5)6/h7-12H2,1-6H3. The molecule has 0 aromatic heterocycles. The average Bonchev–Trinajstić information content (AvgIpc) is 2.11. The molecule has 0 aromatic carbocycles. The van der Waals surface area contributed by atoms with E-state index in [4.69, 9.17) is 0 Å². The third-order valence-electron chi connectivity index (χ3n) is 4.77. The van der Waals surface area contributed by atoms with Crippen molar-refractivity contribution in [3.8, 4) is 0 Å². The van der Waals surface area contributed by atoms with Crippen LogP contribution in [0, 0.1) is 5.41 Å². The Morgan fingerprint density at radius 1 is 0.706 bits per heavy atom. The van der Waals surface area contributed by atoms with Gasteiger partial charge in [0.25, 0.3) is 0 Å². The third kappa shape index (κ3) is 2.68. The molecule has 2 saturated heterocycles. The van der Waals surface area contributed by atoms with Crippen LogP contribution in [0.2, 0.25) is 0 Å². The van der Waals surface area contributed by atoms with E-state index in [0.717, 1.165) is 0 Å². The van der Waals surface area contributed by atoms with E-state index in [-0.39, 0.29) is 0 Å². The van der Waals surface area contributed by atoms with Gasteiger partial charge in [0.05, 0.1) is 0 Å². The van der Waals surface area contributed by atoms with Gasteiger partial charge in [-0.2, -0.15) is 0 Å². The lowest BCUT2D eigenvalue weighted by atomic mass is 9.70. The first-order valence-corrected chi connectivity index (χ1v) is 7.13. The molecule has 2 aliphatic heterocycles. The monoisotopic (exact) mass is 238 g/mol. The number of likely N-dealkylation sites (tertiary alicyclic amines) is 2. The van der Waals surface area contributed by atoms with E-state index in [1.165, 1.54) is 39.0 Å². The summed E-state index contributed by atoms with van der Waals surface area (Å²) in [6, 6.07) is 0. The fraction of sp³-hybridized carbons (Fsp3) is 1.00. The number of rotatable bonds is 0. The molecule has 0 radical (unpaired) electrons. The van der Waals surface area contributed by atoms with Crippen LogP contribution in [0.15, 0.2) is 0 Å². The molecule has 100 valence electrons. The highest BCUT2D eigenvalue weighted by molar-refractivity contribution is 5.02. The van der Waals surface area contributed by atoms with E-state index in [2.05, 4.69) is 51.3 Å². The van der Waals surface area contributed by atoms with Crippen molar-refractivity contribution in [1.82, 2.24) is 9.80 Å². The molecule has 2 heterocycles. The van der Waals surface area contributed by atoms with Gasteiger partial charge >= 0.3 is 0 Å². The summed E-state index contributed by atoms with van der Waals surface area (Å²) >= 11 is 0. The summed E-state index contributed by atoms with van der Waals surface area (Å²) in [5.41, 5.74) is 1.39. The smallest absolute Gasteiger partial charge is 0.0125 e. The molecule has 0 amide bonds.